The molecule has 2 heterocycles. The van der Waals surface area contributed by atoms with Crippen molar-refractivity contribution in [3.63, 3.8) is 0 Å². The van der Waals surface area contributed by atoms with Crippen molar-refractivity contribution in [3.05, 3.63) is 168 Å². The zero-order chi connectivity index (χ0) is 40.1. The van der Waals surface area contributed by atoms with Crippen molar-refractivity contribution in [2.75, 3.05) is 0 Å². The van der Waals surface area contributed by atoms with E-state index in [4.69, 9.17) is 0 Å². The summed E-state index contributed by atoms with van der Waals surface area (Å²) in [6, 6.07) is 51.1. The van der Waals surface area contributed by atoms with Crippen LogP contribution in [0, 0.1) is 5.92 Å². The number of phenolic OH excluding ortho intramolecular Hbond substituents is 2. The number of rotatable bonds is 10. The molecule has 9 rings (SSSR count). The molecule has 0 atom stereocenters. The van der Waals surface area contributed by atoms with E-state index in [0.717, 1.165) is 60.8 Å². The summed E-state index contributed by atoms with van der Waals surface area (Å²) in [5.74, 6) is 2.31. The monoisotopic (exact) mass is 796 g/mol. The van der Waals surface area contributed by atoms with Gasteiger partial charge in [-0.05, 0) is 77.4 Å². The van der Waals surface area contributed by atoms with Gasteiger partial charge in [-0.25, -0.2) is 0 Å². The molecule has 7 aromatic carbocycles. The zero-order valence-corrected chi connectivity index (χ0v) is 35.3. The van der Waals surface area contributed by atoms with Crippen molar-refractivity contribution < 1.29 is 10.2 Å². The summed E-state index contributed by atoms with van der Waals surface area (Å²) in [5.41, 5.74) is 10.0. The van der Waals surface area contributed by atoms with Gasteiger partial charge in [0.25, 0.3) is 0 Å². The highest BCUT2D eigenvalue weighted by atomic mass is 32.2. The molecule has 58 heavy (non-hydrogen) atoms. The van der Waals surface area contributed by atoms with Crippen LogP contribution in [0.2, 0.25) is 0 Å². The third kappa shape index (κ3) is 6.92. The average Bonchev–Trinajstić information content (AvgIpc) is 3.73. The van der Waals surface area contributed by atoms with E-state index in [0.29, 0.717) is 28.9 Å². The fraction of sp³-hybridized carbons (Fsp3) is 0.192. The Balaban J connectivity index is 1.06. The van der Waals surface area contributed by atoms with E-state index < -0.39 is 0 Å². The summed E-state index contributed by atoms with van der Waals surface area (Å²) in [6.07, 6.45) is 0.919. The van der Waals surface area contributed by atoms with E-state index in [-0.39, 0.29) is 5.41 Å². The number of para-hydroxylation sites is 4. The summed E-state index contributed by atoms with van der Waals surface area (Å²) >= 11 is 3.49. The molecule has 0 bridgehead atoms. The fourth-order valence-corrected chi connectivity index (χ4v) is 10.6. The highest BCUT2D eigenvalue weighted by molar-refractivity contribution is 8.01. The van der Waals surface area contributed by atoms with Crippen molar-refractivity contribution >= 4 is 67.1 Å². The zero-order valence-electron chi connectivity index (χ0n) is 33.7. The van der Waals surface area contributed by atoms with Crippen molar-refractivity contribution in [3.8, 4) is 22.9 Å². The average molecular weight is 797 g/mol. The van der Waals surface area contributed by atoms with Gasteiger partial charge in [0.1, 0.15) is 11.5 Å². The van der Waals surface area contributed by atoms with Gasteiger partial charge in [-0.2, -0.15) is 0 Å². The van der Waals surface area contributed by atoms with Crippen molar-refractivity contribution in [2.45, 2.75) is 67.8 Å². The molecule has 2 aromatic heterocycles. The van der Waals surface area contributed by atoms with Crippen LogP contribution in [0.3, 0.4) is 0 Å². The van der Waals surface area contributed by atoms with Crippen LogP contribution in [0.5, 0.6) is 11.5 Å². The Morgan fingerprint density at radius 2 is 0.879 bits per heavy atom. The van der Waals surface area contributed by atoms with Crippen LogP contribution in [0.4, 0.5) is 0 Å². The van der Waals surface area contributed by atoms with Crippen LogP contribution >= 0.6 is 23.5 Å². The Morgan fingerprint density at radius 3 is 1.29 bits per heavy atom. The topological polar surface area (TPSA) is 50.3 Å². The highest BCUT2D eigenvalue weighted by Crippen LogP contribution is 2.44. The maximum atomic E-state index is 12.2. The number of nitrogens with zero attached hydrogens (tertiary/aromatic N) is 2. The smallest absolute Gasteiger partial charge is 0.143 e. The van der Waals surface area contributed by atoms with E-state index in [2.05, 4.69) is 189 Å². The second kappa shape index (κ2) is 15.3. The number of hydrogen-bond donors (Lipinski definition) is 2. The number of aromatic hydroxyl groups is 2. The Kier molecular flexibility index (Phi) is 10.0. The third-order valence-electron chi connectivity index (χ3n) is 11.2. The van der Waals surface area contributed by atoms with Gasteiger partial charge in [-0.15, -0.1) is 23.5 Å². The van der Waals surface area contributed by atoms with Crippen LogP contribution in [0.25, 0.3) is 55.0 Å². The molecule has 0 unspecified atom stereocenters. The second-order valence-corrected chi connectivity index (χ2v) is 18.8. The van der Waals surface area contributed by atoms with Gasteiger partial charge in [-0.3, -0.25) is 0 Å². The molecular formula is C52H48N2O2S2. The first kappa shape index (κ1) is 38.0. The predicted octanol–water partition coefficient (Wildman–Crippen LogP) is 14.4. The van der Waals surface area contributed by atoms with Gasteiger partial charge in [0.05, 0.1) is 33.4 Å². The third-order valence-corrected chi connectivity index (χ3v) is 13.5. The minimum absolute atomic E-state index is 0.126. The lowest BCUT2D eigenvalue weighted by Gasteiger charge is -2.23. The van der Waals surface area contributed by atoms with E-state index in [9.17, 15) is 10.2 Å². The number of phenols is 2. The van der Waals surface area contributed by atoms with Crippen LogP contribution < -0.4 is 0 Å². The van der Waals surface area contributed by atoms with Gasteiger partial charge >= 0.3 is 0 Å². The molecule has 0 amide bonds. The minimum atomic E-state index is -0.126. The lowest BCUT2D eigenvalue weighted by atomic mass is 9.85. The van der Waals surface area contributed by atoms with E-state index in [1.807, 2.05) is 0 Å². The van der Waals surface area contributed by atoms with Gasteiger partial charge in [0.15, 0.2) is 0 Å². The van der Waals surface area contributed by atoms with Crippen LogP contribution in [0.1, 0.15) is 56.9 Å². The SMILES string of the molecule is CC(C)Cc1cc(CSc2ccccc2SCc2cc(C(C)(C)C)cc(-n3c4ccccc4c4ccccc43)c2O)c(O)c(-n2c3ccccc3c3ccccc32)c1. The molecule has 9 aromatic rings. The Hall–Kier alpha value is -5.56. The maximum Gasteiger partial charge on any atom is 0.143 e. The number of fused-ring (bicyclic) bond motifs is 6. The predicted molar refractivity (Wildman–Crippen MR) is 248 cm³/mol. The Bertz CT molecular complexity index is 2880. The molecule has 290 valence electrons. The Labute approximate surface area is 349 Å². The van der Waals surface area contributed by atoms with Crippen LogP contribution in [-0.4, -0.2) is 19.3 Å². The van der Waals surface area contributed by atoms with Crippen molar-refractivity contribution in [1.82, 2.24) is 9.13 Å². The van der Waals surface area contributed by atoms with Crippen molar-refractivity contribution in [1.29, 1.82) is 0 Å². The molecule has 2 N–H and O–H groups in total. The Morgan fingerprint density at radius 1 is 0.500 bits per heavy atom. The first-order chi connectivity index (χ1) is 28.1. The highest BCUT2D eigenvalue weighted by Gasteiger charge is 2.23. The molecule has 0 radical (unpaired) electrons. The van der Waals surface area contributed by atoms with Crippen LogP contribution in [-0.2, 0) is 23.3 Å². The molecule has 0 fully saturated rings. The quantitative estimate of drug-likeness (QED) is 0.135. The van der Waals surface area contributed by atoms with Gasteiger partial charge in [0, 0.05) is 54.0 Å². The second-order valence-electron chi connectivity index (χ2n) is 16.7. The summed E-state index contributed by atoms with van der Waals surface area (Å²) in [4.78, 5) is 2.29. The first-order valence-electron chi connectivity index (χ1n) is 20.1. The number of thioether (sulfide) groups is 2. The lowest BCUT2D eigenvalue weighted by Crippen LogP contribution is -2.13. The largest absolute Gasteiger partial charge is 0.505 e. The summed E-state index contributed by atoms with van der Waals surface area (Å²) in [5, 5.41) is 29.0. The maximum absolute atomic E-state index is 12.2. The van der Waals surface area contributed by atoms with E-state index >= 15 is 0 Å². The standard InChI is InChI=1S/C52H48N2O2S2/c1-33(2)26-34-27-35(50(55)46(28-34)53-42-20-10-6-16-38(42)39-17-7-11-21-43(39)53)31-57-48-24-14-15-25-49(48)58-32-36-29-37(52(3,4)5)30-47(51(36)56)54-44-22-12-8-18-40(44)41-19-9-13-23-45(41)54/h6-25,27-30,33,55-56H,26,31-32H2,1-5H3. The summed E-state index contributed by atoms with van der Waals surface area (Å²) in [6.45, 7) is 11.2. The molecular weight excluding hydrogens is 749 g/mol. The van der Waals surface area contributed by atoms with Gasteiger partial charge < -0.3 is 19.3 Å². The molecule has 0 aliphatic heterocycles. The minimum Gasteiger partial charge on any atom is -0.505 e. The van der Waals surface area contributed by atoms with E-state index in [1.165, 1.54) is 32.7 Å². The molecule has 4 nitrogen and oxygen atoms in total. The number of hydrogen-bond acceptors (Lipinski definition) is 4. The molecule has 0 aliphatic carbocycles. The van der Waals surface area contributed by atoms with Crippen molar-refractivity contribution in [2.24, 2.45) is 5.92 Å². The lowest BCUT2D eigenvalue weighted by molar-refractivity contribution is 0.466. The summed E-state index contributed by atoms with van der Waals surface area (Å²) < 4.78 is 4.45. The van der Waals surface area contributed by atoms with E-state index in [1.54, 1.807) is 23.5 Å². The van der Waals surface area contributed by atoms with Gasteiger partial charge in [-0.1, -0.05) is 132 Å². The first-order valence-corrected chi connectivity index (χ1v) is 22.1. The van der Waals surface area contributed by atoms with Gasteiger partial charge in [0.2, 0.25) is 0 Å². The molecule has 0 aliphatic rings. The molecule has 0 spiro atoms. The summed E-state index contributed by atoms with van der Waals surface area (Å²) in [7, 11) is 0. The normalized spacial score (nSPS) is 12.2. The number of benzene rings is 7. The molecule has 0 saturated carbocycles. The molecule has 6 heteroatoms. The fourth-order valence-electron chi connectivity index (χ4n) is 8.37. The van der Waals surface area contributed by atoms with Crippen LogP contribution in [0.15, 0.2) is 155 Å². The molecule has 0 saturated heterocycles. The number of aromatic nitrogens is 2.